The number of carbonyl (C=O) groups excluding carboxylic acids is 2. The Bertz CT molecular complexity index is 779. The van der Waals surface area contributed by atoms with Gasteiger partial charge in [0.1, 0.15) is 5.75 Å². The maximum Gasteiger partial charge on any atom is 0.313 e. The van der Waals surface area contributed by atoms with Crippen LogP contribution in [-0.2, 0) is 21.4 Å². The number of hydrogen-bond donors (Lipinski definition) is 2. The number of para-hydroxylation sites is 1. The number of nitrogens with one attached hydrogen (secondary N) is 2. The van der Waals surface area contributed by atoms with Gasteiger partial charge in [0.15, 0.2) is 0 Å². The van der Waals surface area contributed by atoms with Crippen LogP contribution in [0.2, 0.25) is 0 Å². The van der Waals surface area contributed by atoms with Gasteiger partial charge in [-0.25, -0.2) is 0 Å². The third-order valence-electron chi connectivity index (χ3n) is 4.02. The van der Waals surface area contributed by atoms with Crippen LogP contribution in [0.5, 0.6) is 5.75 Å². The second-order valence-corrected chi connectivity index (χ2v) is 7.11. The topological polar surface area (TPSA) is 67.4 Å². The molecule has 0 atom stereocenters. The molecule has 2 N–H and O–H groups in total. The van der Waals surface area contributed by atoms with E-state index >= 15 is 0 Å². The summed E-state index contributed by atoms with van der Waals surface area (Å²) in [6.07, 6.45) is 0.620. The Labute approximate surface area is 154 Å². The Morgan fingerprint density at radius 2 is 1.73 bits per heavy atom. The molecule has 26 heavy (non-hydrogen) atoms. The minimum absolute atomic E-state index is 0.132. The summed E-state index contributed by atoms with van der Waals surface area (Å²) < 4.78 is 5.17. The molecule has 0 aliphatic carbocycles. The second kappa shape index (κ2) is 8.52. The first-order chi connectivity index (χ1) is 12.3. The highest BCUT2D eigenvalue weighted by Crippen LogP contribution is 2.29. The largest absolute Gasteiger partial charge is 0.497 e. The Morgan fingerprint density at radius 1 is 1.00 bits per heavy atom. The predicted molar refractivity (Wildman–Crippen MR) is 103 cm³/mol. The monoisotopic (exact) mass is 354 g/mol. The summed E-state index contributed by atoms with van der Waals surface area (Å²) in [7, 11) is 1.61. The van der Waals surface area contributed by atoms with Crippen LogP contribution < -0.4 is 15.4 Å². The van der Waals surface area contributed by atoms with Gasteiger partial charge in [-0.05, 0) is 41.2 Å². The molecule has 138 valence electrons. The van der Waals surface area contributed by atoms with Crippen molar-refractivity contribution in [2.75, 3.05) is 19.0 Å². The summed E-state index contributed by atoms with van der Waals surface area (Å²) >= 11 is 0. The number of ether oxygens (including phenoxy) is 1. The third kappa shape index (κ3) is 5.34. The molecular formula is C21H26N2O3. The number of anilines is 1. The third-order valence-corrected chi connectivity index (χ3v) is 4.02. The molecule has 0 radical (unpaired) electrons. The molecule has 0 spiro atoms. The van der Waals surface area contributed by atoms with Gasteiger partial charge in [-0.3, -0.25) is 9.59 Å². The van der Waals surface area contributed by atoms with Crippen molar-refractivity contribution in [2.24, 2.45) is 0 Å². The van der Waals surface area contributed by atoms with Crippen molar-refractivity contribution in [3.63, 3.8) is 0 Å². The fourth-order valence-electron chi connectivity index (χ4n) is 2.65. The second-order valence-electron chi connectivity index (χ2n) is 7.11. The normalized spacial score (nSPS) is 10.9. The zero-order chi connectivity index (χ0) is 19.2. The lowest BCUT2D eigenvalue weighted by molar-refractivity contribution is -0.136. The van der Waals surface area contributed by atoms with E-state index in [1.807, 2.05) is 48.5 Å². The summed E-state index contributed by atoms with van der Waals surface area (Å²) in [5.41, 5.74) is 2.54. The lowest BCUT2D eigenvalue weighted by atomic mass is 9.86. The average Bonchev–Trinajstić information content (AvgIpc) is 2.61. The maximum atomic E-state index is 12.2. The molecule has 0 bridgehead atoms. The number of rotatable bonds is 5. The highest BCUT2D eigenvalue weighted by Gasteiger charge is 2.20. The molecule has 5 heteroatoms. The highest BCUT2D eigenvalue weighted by molar-refractivity contribution is 6.39. The fourth-order valence-corrected chi connectivity index (χ4v) is 2.65. The Hall–Kier alpha value is -2.82. The van der Waals surface area contributed by atoms with E-state index in [4.69, 9.17) is 4.74 Å². The molecule has 0 fully saturated rings. The van der Waals surface area contributed by atoms with Crippen molar-refractivity contribution < 1.29 is 14.3 Å². The highest BCUT2D eigenvalue weighted by atomic mass is 16.5. The summed E-state index contributed by atoms with van der Waals surface area (Å²) in [6.45, 7) is 6.56. The standard InChI is InChI=1S/C21H26N2O3/c1-21(2,3)17-10-5-6-11-18(17)23-20(25)19(24)22-13-12-15-8-7-9-16(14-15)26-4/h5-11,14H,12-13H2,1-4H3,(H,22,24)(H,23,25). The van der Waals surface area contributed by atoms with Gasteiger partial charge in [0, 0.05) is 12.2 Å². The Morgan fingerprint density at radius 3 is 2.42 bits per heavy atom. The predicted octanol–water partition coefficient (Wildman–Crippen LogP) is 3.29. The van der Waals surface area contributed by atoms with Gasteiger partial charge in [0.05, 0.1) is 7.11 Å². The van der Waals surface area contributed by atoms with Crippen molar-refractivity contribution in [3.05, 3.63) is 59.7 Å². The molecule has 2 aromatic carbocycles. The average molecular weight is 354 g/mol. The van der Waals surface area contributed by atoms with Gasteiger partial charge in [-0.1, -0.05) is 51.1 Å². The van der Waals surface area contributed by atoms with Crippen LogP contribution in [0.25, 0.3) is 0 Å². The first kappa shape index (κ1) is 19.5. The van der Waals surface area contributed by atoms with Crippen LogP contribution >= 0.6 is 0 Å². The maximum absolute atomic E-state index is 12.2. The van der Waals surface area contributed by atoms with Gasteiger partial charge in [0.25, 0.3) is 0 Å². The van der Waals surface area contributed by atoms with E-state index < -0.39 is 11.8 Å². The van der Waals surface area contributed by atoms with Gasteiger partial charge in [-0.2, -0.15) is 0 Å². The molecule has 2 rings (SSSR count). The minimum Gasteiger partial charge on any atom is -0.497 e. The number of hydrogen-bond acceptors (Lipinski definition) is 3. The number of amides is 2. The van der Waals surface area contributed by atoms with Crippen LogP contribution in [0.1, 0.15) is 31.9 Å². The van der Waals surface area contributed by atoms with Crippen LogP contribution in [0, 0.1) is 0 Å². The summed E-state index contributed by atoms with van der Waals surface area (Å²) in [5.74, 6) is -0.533. The molecule has 0 aromatic heterocycles. The van der Waals surface area contributed by atoms with E-state index in [9.17, 15) is 9.59 Å². The summed E-state index contributed by atoms with van der Waals surface area (Å²) in [5, 5.41) is 5.37. The SMILES string of the molecule is COc1cccc(CCNC(=O)C(=O)Nc2ccccc2C(C)(C)C)c1. The van der Waals surface area contributed by atoms with Gasteiger partial charge in [0.2, 0.25) is 0 Å². The van der Waals surface area contributed by atoms with Crippen molar-refractivity contribution in [2.45, 2.75) is 32.6 Å². The number of benzene rings is 2. The van der Waals surface area contributed by atoms with E-state index in [1.165, 1.54) is 0 Å². The zero-order valence-corrected chi connectivity index (χ0v) is 15.8. The minimum atomic E-state index is -0.660. The molecule has 0 heterocycles. The molecule has 0 unspecified atom stereocenters. The lowest BCUT2D eigenvalue weighted by Crippen LogP contribution is -2.37. The molecule has 5 nitrogen and oxygen atoms in total. The van der Waals surface area contributed by atoms with Crippen molar-refractivity contribution in [3.8, 4) is 5.75 Å². The number of methoxy groups -OCH3 is 1. The van der Waals surface area contributed by atoms with Crippen molar-refractivity contribution in [1.29, 1.82) is 0 Å². The Kier molecular flexibility index (Phi) is 6.39. The van der Waals surface area contributed by atoms with Gasteiger partial charge < -0.3 is 15.4 Å². The molecule has 2 amide bonds. The van der Waals surface area contributed by atoms with E-state index in [0.29, 0.717) is 18.7 Å². The Balaban J connectivity index is 1.91. The molecule has 0 aliphatic heterocycles. The molecule has 0 saturated heterocycles. The van der Waals surface area contributed by atoms with Crippen LogP contribution in [0.4, 0.5) is 5.69 Å². The first-order valence-electron chi connectivity index (χ1n) is 8.63. The molecule has 0 saturated carbocycles. The smallest absolute Gasteiger partial charge is 0.313 e. The van der Waals surface area contributed by atoms with Gasteiger partial charge >= 0.3 is 11.8 Å². The van der Waals surface area contributed by atoms with Crippen LogP contribution in [0.3, 0.4) is 0 Å². The van der Waals surface area contributed by atoms with E-state index in [-0.39, 0.29) is 5.41 Å². The van der Waals surface area contributed by atoms with E-state index in [2.05, 4.69) is 31.4 Å². The zero-order valence-electron chi connectivity index (χ0n) is 15.8. The molecule has 0 aliphatic rings. The van der Waals surface area contributed by atoms with E-state index in [0.717, 1.165) is 16.9 Å². The fraction of sp³-hybridized carbons (Fsp3) is 0.333. The number of carbonyl (C=O) groups is 2. The summed E-state index contributed by atoms with van der Waals surface area (Å²) in [6, 6.07) is 15.1. The molecule has 2 aromatic rings. The quantitative estimate of drug-likeness (QED) is 0.810. The van der Waals surface area contributed by atoms with Crippen molar-refractivity contribution in [1.82, 2.24) is 5.32 Å². The van der Waals surface area contributed by atoms with Gasteiger partial charge in [-0.15, -0.1) is 0 Å². The van der Waals surface area contributed by atoms with E-state index in [1.54, 1.807) is 7.11 Å². The summed E-state index contributed by atoms with van der Waals surface area (Å²) in [4.78, 5) is 24.3. The van der Waals surface area contributed by atoms with Crippen molar-refractivity contribution >= 4 is 17.5 Å². The molecular weight excluding hydrogens is 328 g/mol. The van der Waals surface area contributed by atoms with Crippen LogP contribution in [-0.4, -0.2) is 25.5 Å². The lowest BCUT2D eigenvalue weighted by Gasteiger charge is -2.22. The first-order valence-corrected chi connectivity index (χ1v) is 8.63. The van der Waals surface area contributed by atoms with Crippen LogP contribution in [0.15, 0.2) is 48.5 Å².